The SMILES string of the molecule is CCCNCc1ccc(C)c(Oc2ccccc2CO)c1. The molecule has 0 fully saturated rings. The van der Waals surface area contributed by atoms with Gasteiger partial charge in [-0.25, -0.2) is 0 Å². The van der Waals surface area contributed by atoms with Crippen molar-refractivity contribution in [3.63, 3.8) is 0 Å². The van der Waals surface area contributed by atoms with Gasteiger partial charge in [0.1, 0.15) is 11.5 Å². The van der Waals surface area contributed by atoms with Crippen molar-refractivity contribution < 1.29 is 9.84 Å². The fourth-order valence-corrected chi connectivity index (χ4v) is 2.13. The quantitative estimate of drug-likeness (QED) is 0.761. The minimum absolute atomic E-state index is 0.0209. The summed E-state index contributed by atoms with van der Waals surface area (Å²) in [5, 5.41) is 12.8. The maximum Gasteiger partial charge on any atom is 0.132 e. The molecule has 0 radical (unpaired) electrons. The molecule has 21 heavy (non-hydrogen) atoms. The number of aryl methyl sites for hydroxylation is 1. The third-order valence-corrected chi connectivity index (χ3v) is 3.37. The normalized spacial score (nSPS) is 10.6. The Hall–Kier alpha value is -1.84. The summed E-state index contributed by atoms with van der Waals surface area (Å²) < 4.78 is 5.99. The van der Waals surface area contributed by atoms with Crippen LogP contribution in [0, 0.1) is 6.92 Å². The molecule has 0 aliphatic heterocycles. The molecular weight excluding hydrogens is 262 g/mol. The molecular formula is C18H23NO2. The Balaban J connectivity index is 2.16. The smallest absolute Gasteiger partial charge is 0.132 e. The Bertz CT molecular complexity index is 581. The molecule has 3 nitrogen and oxygen atoms in total. The van der Waals surface area contributed by atoms with Gasteiger partial charge in [-0.2, -0.15) is 0 Å². The summed E-state index contributed by atoms with van der Waals surface area (Å²) in [6.45, 7) is 6.01. The predicted molar refractivity (Wildman–Crippen MR) is 85.6 cm³/mol. The Labute approximate surface area is 126 Å². The molecule has 2 N–H and O–H groups in total. The molecule has 0 saturated carbocycles. The van der Waals surface area contributed by atoms with Crippen LogP contribution in [-0.4, -0.2) is 11.7 Å². The average molecular weight is 285 g/mol. The van der Waals surface area contributed by atoms with Gasteiger partial charge in [-0.1, -0.05) is 37.3 Å². The molecule has 2 aromatic carbocycles. The van der Waals surface area contributed by atoms with Gasteiger partial charge in [0.25, 0.3) is 0 Å². The number of nitrogens with one attached hydrogen (secondary N) is 1. The van der Waals surface area contributed by atoms with Gasteiger partial charge in [0.15, 0.2) is 0 Å². The van der Waals surface area contributed by atoms with Crippen molar-refractivity contribution in [2.24, 2.45) is 0 Å². The van der Waals surface area contributed by atoms with E-state index in [1.807, 2.05) is 31.2 Å². The predicted octanol–water partition coefficient (Wildman–Crippen LogP) is 3.78. The summed E-state index contributed by atoms with van der Waals surface area (Å²) in [7, 11) is 0. The Morgan fingerprint density at radius 2 is 1.90 bits per heavy atom. The Morgan fingerprint density at radius 3 is 2.67 bits per heavy atom. The van der Waals surface area contributed by atoms with Crippen LogP contribution >= 0.6 is 0 Å². The lowest BCUT2D eigenvalue weighted by Crippen LogP contribution is -2.13. The van der Waals surface area contributed by atoms with E-state index in [-0.39, 0.29) is 6.61 Å². The highest BCUT2D eigenvalue weighted by molar-refractivity contribution is 5.42. The molecule has 0 aliphatic carbocycles. The number of rotatable bonds is 7. The zero-order valence-electron chi connectivity index (χ0n) is 12.7. The minimum atomic E-state index is -0.0209. The molecule has 0 aromatic heterocycles. The van der Waals surface area contributed by atoms with Crippen LogP contribution in [0.2, 0.25) is 0 Å². The monoisotopic (exact) mass is 285 g/mol. The zero-order chi connectivity index (χ0) is 15.1. The first-order valence-electron chi connectivity index (χ1n) is 7.41. The first-order valence-corrected chi connectivity index (χ1v) is 7.41. The number of aliphatic hydroxyl groups is 1. The van der Waals surface area contributed by atoms with Crippen LogP contribution in [0.1, 0.15) is 30.0 Å². The number of ether oxygens (including phenoxy) is 1. The molecule has 0 saturated heterocycles. The second kappa shape index (κ2) is 7.81. The van der Waals surface area contributed by atoms with E-state index >= 15 is 0 Å². The van der Waals surface area contributed by atoms with Gasteiger partial charge in [-0.05, 0) is 43.1 Å². The first-order chi connectivity index (χ1) is 10.2. The number of aliphatic hydroxyl groups excluding tert-OH is 1. The van der Waals surface area contributed by atoms with E-state index in [0.717, 1.165) is 36.4 Å². The maximum absolute atomic E-state index is 9.37. The van der Waals surface area contributed by atoms with Gasteiger partial charge >= 0.3 is 0 Å². The minimum Gasteiger partial charge on any atom is -0.457 e. The summed E-state index contributed by atoms with van der Waals surface area (Å²) in [5.41, 5.74) is 3.08. The maximum atomic E-state index is 9.37. The largest absolute Gasteiger partial charge is 0.457 e. The Morgan fingerprint density at radius 1 is 1.10 bits per heavy atom. The van der Waals surface area contributed by atoms with Gasteiger partial charge in [-0.15, -0.1) is 0 Å². The number of para-hydroxylation sites is 1. The van der Waals surface area contributed by atoms with E-state index < -0.39 is 0 Å². The van der Waals surface area contributed by atoms with E-state index in [2.05, 4.69) is 30.4 Å². The summed E-state index contributed by atoms with van der Waals surface area (Å²) in [4.78, 5) is 0. The standard InChI is InChI=1S/C18H23NO2/c1-3-10-19-12-15-9-8-14(2)18(11-15)21-17-7-5-4-6-16(17)13-20/h4-9,11,19-20H,3,10,12-13H2,1-2H3. The van der Waals surface area contributed by atoms with Crippen molar-refractivity contribution in [3.05, 3.63) is 59.2 Å². The Kier molecular flexibility index (Phi) is 5.78. The van der Waals surface area contributed by atoms with Crippen molar-refractivity contribution in [2.45, 2.75) is 33.4 Å². The van der Waals surface area contributed by atoms with Crippen molar-refractivity contribution >= 4 is 0 Å². The summed E-state index contributed by atoms with van der Waals surface area (Å²) in [5.74, 6) is 1.55. The molecule has 0 amide bonds. The average Bonchev–Trinajstić information content (AvgIpc) is 2.51. The van der Waals surface area contributed by atoms with Gasteiger partial charge in [0.2, 0.25) is 0 Å². The zero-order valence-corrected chi connectivity index (χ0v) is 12.7. The molecule has 0 bridgehead atoms. The van der Waals surface area contributed by atoms with Crippen molar-refractivity contribution in [2.75, 3.05) is 6.54 Å². The van der Waals surface area contributed by atoms with Crippen LogP contribution in [0.5, 0.6) is 11.5 Å². The van der Waals surface area contributed by atoms with Gasteiger partial charge in [-0.3, -0.25) is 0 Å². The molecule has 2 aromatic rings. The van der Waals surface area contributed by atoms with E-state index in [9.17, 15) is 5.11 Å². The first kappa shape index (κ1) is 15.5. The van der Waals surface area contributed by atoms with E-state index in [0.29, 0.717) is 5.75 Å². The highest BCUT2D eigenvalue weighted by Gasteiger charge is 2.06. The molecule has 0 atom stereocenters. The molecule has 112 valence electrons. The highest BCUT2D eigenvalue weighted by atomic mass is 16.5. The molecule has 0 aliphatic rings. The van der Waals surface area contributed by atoms with E-state index in [1.54, 1.807) is 0 Å². The molecule has 0 unspecified atom stereocenters. The molecule has 3 heteroatoms. The summed E-state index contributed by atoms with van der Waals surface area (Å²) in [6, 6.07) is 13.8. The number of benzene rings is 2. The fourth-order valence-electron chi connectivity index (χ4n) is 2.13. The van der Waals surface area contributed by atoms with Crippen LogP contribution < -0.4 is 10.1 Å². The van der Waals surface area contributed by atoms with Crippen molar-refractivity contribution in [1.29, 1.82) is 0 Å². The van der Waals surface area contributed by atoms with Crippen molar-refractivity contribution in [1.82, 2.24) is 5.32 Å². The second-order valence-corrected chi connectivity index (χ2v) is 5.14. The van der Waals surface area contributed by atoms with Crippen LogP contribution in [0.3, 0.4) is 0 Å². The van der Waals surface area contributed by atoms with E-state index in [4.69, 9.17) is 4.74 Å². The lowest BCUT2D eigenvalue weighted by Gasteiger charge is -2.13. The summed E-state index contributed by atoms with van der Waals surface area (Å²) in [6.07, 6.45) is 1.12. The third kappa shape index (κ3) is 4.31. The number of hydrogen-bond donors (Lipinski definition) is 2. The van der Waals surface area contributed by atoms with Crippen molar-refractivity contribution in [3.8, 4) is 11.5 Å². The van der Waals surface area contributed by atoms with Crippen LogP contribution in [0.4, 0.5) is 0 Å². The molecule has 0 heterocycles. The van der Waals surface area contributed by atoms with Gasteiger partial charge in [0.05, 0.1) is 6.61 Å². The van der Waals surface area contributed by atoms with Crippen LogP contribution in [0.25, 0.3) is 0 Å². The highest BCUT2D eigenvalue weighted by Crippen LogP contribution is 2.28. The lowest BCUT2D eigenvalue weighted by atomic mass is 10.1. The summed E-state index contributed by atoms with van der Waals surface area (Å²) >= 11 is 0. The topological polar surface area (TPSA) is 41.5 Å². The molecule has 2 rings (SSSR count). The number of hydrogen-bond acceptors (Lipinski definition) is 3. The van der Waals surface area contributed by atoms with Crippen LogP contribution in [0.15, 0.2) is 42.5 Å². The van der Waals surface area contributed by atoms with E-state index in [1.165, 1.54) is 5.56 Å². The van der Waals surface area contributed by atoms with Crippen LogP contribution in [-0.2, 0) is 13.2 Å². The molecule has 0 spiro atoms. The lowest BCUT2D eigenvalue weighted by molar-refractivity contribution is 0.276. The second-order valence-electron chi connectivity index (χ2n) is 5.14. The fraction of sp³-hybridized carbons (Fsp3) is 0.333. The van der Waals surface area contributed by atoms with Gasteiger partial charge in [0, 0.05) is 12.1 Å². The third-order valence-electron chi connectivity index (χ3n) is 3.37. The van der Waals surface area contributed by atoms with Gasteiger partial charge < -0.3 is 15.2 Å².